The van der Waals surface area contributed by atoms with Crippen molar-refractivity contribution in [3.8, 4) is 0 Å². The molecule has 3 aliphatic rings. The standard InChI is InChI=1S/C15H16N2O7S/c16-15(9(19)3-1-2-7(18)4-12(21)24-15)8-6-25-11-5-10(20)17(11)13(8)14(22)23/h11H,1-6,16H2,(H,22,23)/t11-,15?/m1/s1. The van der Waals surface area contributed by atoms with E-state index in [1.54, 1.807) is 0 Å². The Morgan fingerprint density at radius 2 is 2.00 bits per heavy atom. The number of fused-ring (bicyclic) bond motifs is 1. The number of Topliss-reactive ketones (excluding diaryl/α,β-unsaturated/α-hetero) is 2. The van der Waals surface area contributed by atoms with Gasteiger partial charge in [0, 0.05) is 24.2 Å². The Bertz CT molecular complexity index is 731. The third-order valence-corrected chi connectivity index (χ3v) is 5.61. The summed E-state index contributed by atoms with van der Waals surface area (Å²) in [4.78, 5) is 60.8. The van der Waals surface area contributed by atoms with Crippen LogP contribution in [0.1, 0.15) is 32.1 Å². The van der Waals surface area contributed by atoms with E-state index in [0.29, 0.717) is 0 Å². The van der Waals surface area contributed by atoms with Gasteiger partial charge in [-0.15, -0.1) is 11.8 Å². The van der Waals surface area contributed by atoms with Crippen LogP contribution in [0.15, 0.2) is 11.3 Å². The third kappa shape index (κ3) is 2.95. The Labute approximate surface area is 146 Å². The van der Waals surface area contributed by atoms with Gasteiger partial charge in [0.05, 0.1) is 11.8 Å². The molecule has 0 radical (unpaired) electrons. The van der Waals surface area contributed by atoms with Crippen LogP contribution >= 0.6 is 11.8 Å². The van der Waals surface area contributed by atoms with Crippen LogP contribution < -0.4 is 5.73 Å². The van der Waals surface area contributed by atoms with Gasteiger partial charge in [-0.2, -0.15) is 0 Å². The number of carbonyl (C=O) groups excluding carboxylic acids is 4. The Kier molecular flexibility index (Phi) is 4.41. The summed E-state index contributed by atoms with van der Waals surface area (Å²) in [6, 6.07) is 0. The number of nitrogens with two attached hydrogens (primary N) is 1. The Morgan fingerprint density at radius 3 is 2.64 bits per heavy atom. The van der Waals surface area contributed by atoms with Crippen LogP contribution in [0.25, 0.3) is 0 Å². The first-order valence-corrected chi connectivity index (χ1v) is 8.75. The van der Waals surface area contributed by atoms with E-state index in [0.717, 1.165) is 4.90 Å². The number of hydrogen-bond acceptors (Lipinski definition) is 8. The number of aliphatic carboxylic acids is 1. The van der Waals surface area contributed by atoms with E-state index >= 15 is 0 Å². The maximum absolute atomic E-state index is 12.6. The maximum atomic E-state index is 12.6. The molecule has 1 unspecified atom stereocenters. The van der Waals surface area contributed by atoms with Crippen LogP contribution in [0.4, 0.5) is 0 Å². The molecule has 3 N–H and O–H groups in total. The SMILES string of the molecule is NC1(C2=C(C(=O)O)N3C(=O)C[C@H]3SC2)OC(=O)CC(=O)CCCC1=O. The fourth-order valence-electron chi connectivity index (χ4n) is 3.08. The van der Waals surface area contributed by atoms with Crippen molar-refractivity contribution in [3.05, 3.63) is 11.3 Å². The number of esters is 1. The minimum Gasteiger partial charge on any atom is -0.477 e. The number of carbonyl (C=O) groups is 5. The highest BCUT2D eigenvalue weighted by molar-refractivity contribution is 8.00. The molecule has 3 rings (SSSR count). The molecule has 0 saturated carbocycles. The van der Waals surface area contributed by atoms with Gasteiger partial charge in [0.25, 0.3) is 0 Å². The highest BCUT2D eigenvalue weighted by atomic mass is 32.2. The molecule has 25 heavy (non-hydrogen) atoms. The predicted molar refractivity (Wildman–Crippen MR) is 83.9 cm³/mol. The van der Waals surface area contributed by atoms with E-state index < -0.39 is 41.5 Å². The third-order valence-electron chi connectivity index (χ3n) is 4.39. The number of thioether (sulfide) groups is 1. The van der Waals surface area contributed by atoms with Gasteiger partial charge in [0.15, 0.2) is 5.78 Å². The van der Waals surface area contributed by atoms with E-state index in [1.165, 1.54) is 11.8 Å². The summed E-state index contributed by atoms with van der Waals surface area (Å²) < 4.78 is 5.10. The smallest absolute Gasteiger partial charge is 0.352 e. The lowest BCUT2D eigenvalue weighted by Crippen LogP contribution is -2.60. The zero-order valence-corrected chi connectivity index (χ0v) is 14.0. The number of rotatable bonds is 2. The minimum absolute atomic E-state index is 0.0412. The molecule has 0 spiro atoms. The van der Waals surface area contributed by atoms with Gasteiger partial charge in [-0.25, -0.2) is 4.79 Å². The molecule has 0 aromatic carbocycles. The van der Waals surface area contributed by atoms with E-state index in [-0.39, 0.29) is 48.2 Å². The number of β-lactam (4-membered cyclic amide) rings is 1. The van der Waals surface area contributed by atoms with Crippen molar-refractivity contribution in [3.63, 3.8) is 0 Å². The number of amides is 1. The first-order valence-electron chi connectivity index (χ1n) is 7.70. The number of carboxylic acid groups (broad SMARTS) is 1. The summed E-state index contributed by atoms with van der Waals surface area (Å²) in [5, 5.41) is 9.22. The topological polar surface area (TPSA) is 144 Å². The number of ether oxygens (including phenoxy) is 1. The van der Waals surface area contributed by atoms with Crippen LogP contribution in [0, 0.1) is 0 Å². The zero-order chi connectivity index (χ0) is 18.4. The quantitative estimate of drug-likeness (QED) is 0.376. The number of cyclic esters (lactones) is 1. The highest BCUT2D eigenvalue weighted by Crippen LogP contribution is 2.43. The van der Waals surface area contributed by atoms with Gasteiger partial charge in [0.1, 0.15) is 17.9 Å². The zero-order valence-electron chi connectivity index (χ0n) is 13.1. The summed E-state index contributed by atoms with van der Waals surface area (Å²) in [6.45, 7) is 0. The molecule has 0 aromatic rings. The van der Waals surface area contributed by atoms with Crippen molar-refractivity contribution in [2.75, 3.05) is 5.75 Å². The highest BCUT2D eigenvalue weighted by Gasteiger charge is 2.53. The van der Waals surface area contributed by atoms with Crippen LogP contribution in [-0.4, -0.2) is 56.3 Å². The van der Waals surface area contributed by atoms with E-state index in [4.69, 9.17) is 10.5 Å². The van der Waals surface area contributed by atoms with Gasteiger partial charge in [-0.1, -0.05) is 0 Å². The lowest BCUT2D eigenvalue weighted by Gasteiger charge is -2.46. The van der Waals surface area contributed by atoms with E-state index in [9.17, 15) is 29.1 Å². The number of hydrogen-bond donors (Lipinski definition) is 2. The largest absolute Gasteiger partial charge is 0.477 e. The molecular weight excluding hydrogens is 352 g/mol. The summed E-state index contributed by atoms with van der Waals surface area (Å²) >= 11 is 1.25. The van der Waals surface area contributed by atoms with Crippen molar-refractivity contribution in [2.24, 2.45) is 5.73 Å². The van der Waals surface area contributed by atoms with Gasteiger partial charge in [-0.3, -0.25) is 29.8 Å². The lowest BCUT2D eigenvalue weighted by atomic mass is 9.92. The van der Waals surface area contributed by atoms with Crippen LogP contribution in [-0.2, 0) is 28.7 Å². The van der Waals surface area contributed by atoms with Crippen LogP contribution in [0.5, 0.6) is 0 Å². The molecule has 134 valence electrons. The maximum Gasteiger partial charge on any atom is 0.352 e. The average molecular weight is 368 g/mol. The summed E-state index contributed by atoms with van der Waals surface area (Å²) in [5.74, 6) is -3.81. The Hall–Kier alpha value is -2.20. The molecule has 2 saturated heterocycles. The van der Waals surface area contributed by atoms with Crippen molar-refractivity contribution in [1.82, 2.24) is 4.90 Å². The number of ketones is 2. The summed E-state index contributed by atoms with van der Waals surface area (Å²) in [7, 11) is 0. The number of nitrogens with zero attached hydrogens (tertiary/aromatic N) is 1. The summed E-state index contributed by atoms with van der Waals surface area (Å²) in [5.41, 5.74) is 3.26. The second-order valence-corrected chi connectivity index (χ2v) is 7.23. The normalized spacial score (nSPS) is 30.8. The summed E-state index contributed by atoms with van der Waals surface area (Å²) in [6.07, 6.45) is -0.215. The van der Waals surface area contributed by atoms with E-state index in [2.05, 4.69) is 0 Å². The molecular formula is C15H16N2O7S. The average Bonchev–Trinajstić information content (AvgIpc) is 2.55. The second-order valence-electron chi connectivity index (χ2n) is 6.07. The van der Waals surface area contributed by atoms with E-state index in [1.807, 2.05) is 0 Å². The molecule has 2 fully saturated rings. The monoisotopic (exact) mass is 368 g/mol. The molecule has 0 aromatic heterocycles. The van der Waals surface area contributed by atoms with Gasteiger partial charge in [0.2, 0.25) is 11.6 Å². The predicted octanol–water partition coefficient (Wildman–Crippen LogP) is -0.459. The molecule has 3 heterocycles. The van der Waals surface area contributed by atoms with Gasteiger partial charge >= 0.3 is 11.9 Å². The van der Waals surface area contributed by atoms with Gasteiger partial charge in [-0.05, 0) is 6.42 Å². The molecule has 2 atom stereocenters. The molecule has 3 aliphatic heterocycles. The molecule has 0 bridgehead atoms. The molecule has 1 amide bonds. The molecule has 0 aliphatic carbocycles. The van der Waals surface area contributed by atoms with Gasteiger partial charge < -0.3 is 9.84 Å². The Balaban J connectivity index is 2.08. The number of carboxylic acids is 1. The first kappa shape index (κ1) is 17.6. The second kappa shape index (κ2) is 6.26. The van der Waals surface area contributed by atoms with Crippen molar-refractivity contribution >= 4 is 41.2 Å². The molecule has 10 heteroatoms. The fourth-order valence-corrected chi connectivity index (χ4v) is 4.42. The van der Waals surface area contributed by atoms with Crippen LogP contribution in [0.3, 0.4) is 0 Å². The van der Waals surface area contributed by atoms with Crippen molar-refractivity contribution in [2.45, 2.75) is 43.2 Å². The first-order chi connectivity index (χ1) is 11.7. The lowest BCUT2D eigenvalue weighted by molar-refractivity contribution is -0.164. The van der Waals surface area contributed by atoms with Crippen molar-refractivity contribution in [1.29, 1.82) is 0 Å². The minimum atomic E-state index is -2.29. The molecule has 9 nitrogen and oxygen atoms in total. The van der Waals surface area contributed by atoms with Crippen molar-refractivity contribution < 1.29 is 33.8 Å². The van der Waals surface area contributed by atoms with Crippen LogP contribution in [0.2, 0.25) is 0 Å². The Morgan fingerprint density at radius 1 is 1.28 bits per heavy atom. The fraction of sp³-hybridized carbons (Fsp3) is 0.533.